The van der Waals surface area contributed by atoms with Crippen molar-refractivity contribution in [3.05, 3.63) is 65.2 Å². The van der Waals surface area contributed by atoms with Gasteiger partial charge >= 0.3 is 0 Å². The van der Waals surface area contributed by atoms with Crippen LogP contribution in [0.3, 0.4) is 0 Å². The first-order valence-corrected chi connectivity index (χ1v) is 9.34. The van der Waals surface area contributed by atoms with Crippen LogP contribution in [-0.2, 0) is 6.42 Å². The Morgan fingerprint density at radius 2 is 1.71 bits per heavy atom. The van der Waals surface area contributed by atoms with Crippen molar-refractivity contribution in [3.8, 4) is 0 Å². The van der Waals surface area contributed by atoms with Crippen LogP contribution in [0.5, 0.6) is 0 Å². The summed E-state index contributed by atoms with van der Waals surface area (Å²) in [5.41, 5.74) is 5.67. The molecular weight excluding hydrogens is 292 g/mol. The lowest BCUT2D eigenvalue weighted by molar-refractivity contribution is -0.924. The first-order chi connectivity index (χ1) is 11.6. The molecule has 0 unspecified atom stereocenters. The molecule has 24 heavy (non-hydrogen) atoms. The molecule has 0 amide bonds. The number of hydrogen-bond donors (Lipinski definition) is 1. The van der Waals surface area contributed by atoms with Crippen molar-refractivity contribution in [1.82, 2.24) is 0 Å². The molecule has 3 rings (SSSR count). The molecule has 2 aromatic carbocycles. The zero-order valence-electron chi connectivity index (χ0n) is 15.4. The number of benzene rings is 2. The van der Waals surface area contributed by atoms with E-state index >= 15 is 0 Å². The summed E-state index contributed by atoms with van der Waals surface area (Å²) in [4.78, 5) is 4.35. The third kappa shape index (κ3) is 4.18. The van der Waals surface area contributed by atoms with E-state index in [0.717, 1.165) is 6.04 Å². The summed E-state index contributed by atoms with van der Waals surface area (Å²) < 4.78 is 0. The largest absolute Gasteiger partial charge is 0.360 e. The molecule has 0 aliphatic carbocycles. The third-order valence-corrected chi connectivity index (χ3v) is 5.52. The summed E-state index contributed by atoms with van der Waals surface area (Å²) in [7, 11) is 0. The minimum atomic E-state index is 0.742. The Balaban J connectivity index is 1.52. The van der Waals surface area contributed by atoms with Crippen LogP contribution < -0.4 is 9.80 Å². The zero-order chi connectivity index (χ0) is 16.9. The average Bonchev–Trinajstić information content (AvgIpc) is 2.63. The number of piperazine rings is 1. The van der Waals surface area contributed by atoms with E-state index in [1.807, 2.05) is 0 Å². The second kappa shape index (κ2) is 7.85. The van der Waals surface area contributed by atoms with Crippen LogP contribution >= 0.6 is 0 Å². The monoisotopic (exact) mass is 323 g/mol. The van der Waals surface area contributed by atoms with Gasteiger partial charge in [-0.3, -0.25) is 0 Å². The van der Waals surface area contributed by atoms with Gasteiger partial charge in [0.05, 0.1) is 32.2 Å². The highest BCUT2D eigenvalue weighted by molar-refractivity contribution is 5.55. The quantitative estimate of drug-likeness (QED) is 0.889. The van der Waals surface area contributed by atoms with E-state index in [9.17, 15) is 0 Å². The second-order valence-corrected chi connectivity index (χ2v) is 7.36. The van der Waals surface area contributed by atoms with Crippen molar-refractivity contribution in [2.75, 3.05) is 31.1 Å². The molecule has 1 atom stereocenters. The van der Waals surface area contributed by atoms with Crippen LogP contribution in [0, 0.1) is 13.8 Å². The van der Waals surface area contributed by atoms with Gasteiger partial charge in [0.15, 0.2) is 0 Å². The van der Waals surface area contributed by atoms with Crippen LogP contribution in [0.1, 0.15) is 30.0 Å². The minimum Gasteiger partial charge on any atom is -0.360 e. The SMILES string of the molecule is Cc1ccc(C)c(N2CC[NH+]([C@H](C)CCc3ccccc3)CC2)c1. The Kier molecular flexibility index (Phi) is 5.57. The summed E-state index contributed by atoms with van der Waals surface area (Å²) in [6, 6.07) is 18.5. The molecule has 1 saturated heterocycles. The minimum absolute atomic E-state index is 0.742. The van der Waals surface area contributed by atoms with E-state index in [1.165, 1.54) is 61.4 Å². The highest BCUT2D eigenvalue weighted by atomic mass is 15.3. The Labute approximate surface area is 147 Å². The summed E-state index contributed by atoms with van der Waals surface area (Å²) in [6.07, 6.45) is 2.48. The predicted molar refractivity (Wildman–Crippen MR) is 103 cm³/mol. The Morgan fingerprint density at radius 1 is 1.00 bits per heavy atom. The summed E-state index contributed by atoms with van der Waals surface area (Å²) in [5, 5.41) is 0. The Bertz CT molecular complexity index is 642. The molecule has 0 saturated carbocycles. The van der Waals surface area contributed by atoms with Gasteiger partial charge in [-0.2, -0.15) is 0 Å². The topological polar surface area (TPSA) is 7.68 Å². The standard InChI is InChI=1S/C22H30N2/c1-18-9-10-19(2)22(17-18)24-15-13-23(14-16-24)20(3)11-12-21-7-5-4-6-8-21/h4-10,17,20H,11-16H2,1-3H3/p+1/t20-/m1/s1. The number of aryl methyl sites for hydroxylation is 3. The van der Waals surface area contributed by atoms with Crippen LogP contribution in [0.25, 0.3) is 0 Å². The van der Waals surface area contributed by atoms with Crippen LogP contribution in [0.2, 0.25) is 0 Å². The third-order valence-electron chi connectivity index (χ3n) is 5.52. The molecule has 0 bridgehead atoms. The number of nitrogens with one attached hydrogen (secondary N) is 1. The smallest absolute Gasteiger partial charge is 0.0951 e. The number of anilines is 1. The second-order valence-electron chi connectivity index (χ2n) is 7.36. The molecule has 2 nitrogen and oxygen atoms in total. The summed E-state index contributed by atoms with van der Waals surface area (Å²) in [6.45, 7) is 11.7. The fourth-order valence-electron chi connectivity index (χ4n) is 3.82. The average molecular weight is 324 g/mol. The van der Waals surface area contributed by atoms with Crippen molar-refractivity contribution in [3.63, 3.8) is 0 Å². The molecule has 1 heterocycles. The molecule has 0 aromatic heterocycles. The van der Waals surface area contributed by atoms with Crippen molar-refractivity contribution < 1.29 is 4.90 Å². The van der Waals surface area contributed by atoms with Gasteiger partial charge in [-0.25, -0.2) is 0 Å². The maximum absolute atomic E-state index is 2.58. The lowest BCUT2D eigenvalue weighted by atomic mass is 10.0. The van der Waals surface area contributed by atoms with Gasteiger partial charge in [0.2, 0.25) is 0 Å². The van der Waals surface area contributed by atoms with E-state index in [4.69, 9.17) is 0 Å². The van der Waals surface area contributed by atoms with E-state index in [-0.39, 0.29) is 0 Å². The van der Waals surface area contributed by atoms with E-state index in [1.54, 1.807) is 4.90 Å². The molecule has 1 fully saturated rings. The van der Waals surface area contributed by atoms with Crippen LogP contribution in [0.15, 0.2) is 48.5 Å². The zero-order valence-corrected chi connectivity index (χ0v) is 15.4. The van der Waals surface area contributed by atoms with Gasteiger partial charge in [-0.05, 0) is 49.9 Å². The maximum atomic E-state index is 2.58. The maximum Gasteiger partial charge on any atom is 0.0951 e. The number of quaternary nitrogens is 1. The number of nitrogens with zero attached hydrogens (tertiary/aromatic N) is 1. The fourth-order valence-corrected chi connectivity index (χ4v) is 3.82. The predicted octanol–water partition coefficient (Wildman–Crippen LogP) is 3.03. The molecular formula is C22H31N2+. The lowest BCUT2D eigenvalue weighted by Gasteiger charge is -2.37. The normalized spacial score (nSPS) is 17.0. The lowest BCUT2D eigenvalue weighted by Crippen LogP contribution is -3.18. The Morgan fingerprint density at radius 3 is 2.42 bits per heavy atom. The highest BCUT2D eigenvalue weighted by Gasteiger charge is 2.25. The van der Waals surface area contributed by atoms with Crippen molar-refractivity contribution in [2.45, 2.75) is 39.7 Å². The number of hydrogen-bond acceptors (Lipinski definition) is 1. The number of rotatable bonds is 5. The van der Waals surface area contributed by atoms with E-state index in [2.05, 4.69) is 74.2 Å². The highest BCUT2D eigenvalue weighted by Crippen LogP contribution is 2.21. The molecule has 2 aromatic rings. The van der Waals surface area contributed by atoms with Gasteiger partial charge in [0, 0.05) is 12.1 Å². The molecule has 0 radical (unpaired) electrons. The first-order valence-electron chi connectivity index (χ1n) is 9.34. The van der Waals surface area contributed by atoms with Gasteiger partial charge in [0.25, 0.3) is 0 Å². The van der Waals surface area contributed by atoms with Gasteiger partial charge < -0.3 is 9.80 Å². The van der Waals surface area contributed by atoms with Crippen LogP contribution in [0.4, 0.5) is 5.69 Å². The Hall–Kier alpha value is -1.80. The molecule has 2 heteroatoms. The first kappa shape index (κ1) is 17.0. The van der Waals surface area contributed by atoms with Crippen molar-refractivity contribution in [2.24, 2.45) is 0 Å². The van der Waals surface area contributed by atoms with E-state index in [0.29, 0.717) is 0 Å². The van der Waals surface area contributed by atoms with E-state index < -0.39 is 0 Å². The molecule has 1 aliphatic rings. The van der Waals surface area contributed by atoms with Crippen LogP contribution in [-0.4, -0.2) is 32.2 Å². The molecule has 1 N–H and O–H groups in total. The van der Waals surface area contributed by atoms with Gasteiger partial charge in [0.1, 0.15) is 0 Å². The van der Waals surface area contributed by atoms with Gasteiger partial charge in [-0.15, -0.1) is 0 Å². The molecule has 0 spiro atoms. The molecule has 128 valence electrons. The van der Waals surface area contributed by atoms with Crippen molar-refractivity contribution in [1.29, 1.82) is 0 Å². The van der Waals surface area contributed by atoms with Gasteiger partial charge in [-0.1, -0.05) is 42.5 Å². The van der Waals surface area contributed by atoms with Crippen molar-refractivity contribution >= 4 is 5.69 Å². The summed E-state index contributed by atoms with van der Waals surface area (Å²) in [5.74, 6) is 0. The molecule has 1 aliphatic heterocycles. The fraction of sp³-hybridized carbons (Fsp3) is 0.455. The summed E-state index contributed by atoms with van der Waals surface area (Å²) >= 11 is 0.